The highest BCUT2D eigenvalue weighted by Crippen LogP contribution is 2.09. The second-order valence-corrected chi connectivity index (χ2v) is 3.76. The first-order chi connectivity index (χ1) is 7.79. The zero-order valence-electron chi connectivity index (χ0n) is 9.59. The molecule has 0 saturated heterocycles. The molecule has 1 aromatic carbocycles. The molecular weight excluding hydrogens is 198 g/mol. The predicted octanol–water partition coefficient (Wildman–Crippen LogP) is 2.75. The predicted molar refractivity (Wildman–Crippen MR) is 64.9 cm³/mol. The highest BCUT2D eigenvalue weighted by Gasteiger charge is 2.02. The molecule has 0 aliphatic rings. The van der Waals surface area contributed by atoms with Crippen LogP contribution in [0.3, 0.4) is 0 Å². The van der Waals surface area contributed by atoms with Crippen molar-refractivity contribution in [3.05, 3.63) is 53.9 Å². The van der Waals surface area contributed by atoms with Crippen molar-refractivity contribution in [2.24, 2.45) is 0 Å². The van der Waals surface area contributed by atoms with E-state index in [0.717, 1.165) is 17.8 Å². The molecule has 0 bridgehead atoms. The number of hydrogen-bond donors (Lipinski definition) is 0. The maximum atomic E-state index is 4.13. The van der Waals surface area contributed by atoms with Crippen LogP contribution in [0.15, 0.2) is 42.6 Å². The number of allylic oxidation sites excluding steroid dienone is 2. The fourth-order valence-corrected chi connectivity index (χ4v) is 1.47. The Bertz CT molecular complexity index is 483. The second kappa shape index (κ2) is 4.75. The molecule has 1 heterocycles. The molecule has 0 fully saturated rings. The Morgan fingerprint density at radius 3 is 2.75 bits per heavy atom. The summed E-state index contributed by atoms with van der Waals surface area (Å²) in [6.45, 7) is 4.81. The Balaban J connectivity index is 2.15. The summed E-state index contributed by atoms with van der Waals surface area (Å²) in [5.41, 5.74) is 3.33. The maximum Gasteiger partial charge on any atom is 0.108 e. The van der Waals surface area contributed by atoms with Crippen molar-refractivity contribution in [2.75, 3.05) is 0 Å². The third-order valence-electron chi connectivity index (χ3n) is 2.56. The monoisotopic (exact) mass is 213 g/mol. The molecule has 0 N–H and O–H groups in total. The molecule has 0 radical (unpaired) electrons. The molecule has 0 atom stereocenters. The van der Waals surface area contributed by atoms with Gasteiger partial charge in [-0.3, -0.25) is 0 Å². The minimum absolute atomic E-state index is 0.769. The van der Waals surface area contributed by atoms with E-state index in [1.807, 2.05) is 49.0 Å². The molecule has 2 aromatic rings. The third kappa shape index (κ3) is 2.37. The SMILES string of the molecule is C/C=C(/C)c1cn(Cc2ccccc2)nn1. The summed E-state index contributed by atoms with van der Waals surface area (Å²) in [6, 6.07) is 10.3. The third-order valence-corrected chi connectivity index (χ3v) is 2.56. The normalized spacial score (nSPS) is 11.8. The van der Waals surface area contributed by atoms with Crippen LogP contribution >= 0.6 is 0 Å². The summed E-state index contributed by atoms with van der Waals surface area (Å²) in [6.07, 6.45) is 4.01. The van der Waals surface area contributed by atoms with Gasteiger partial charge in [-0.25, -0.2) is 4.68 Å². The van der Waals surface area contributed by atoms with Crippen molar-refractivity contribution in [3.63, 3.8) is 0 Å². The first-order valence-corrected chi connectivity index (χ1v) is 5.37. The summed E-state index contributed by atoms with van der Waals surface area (Å²) >= 11 is 0. The average Bonchev–Trinajstić information content (AvgIpc) is 2.78. The largest absolute Gasteiger partial charge is 0.247 e. The van der Waals surface area contributed by atoms with Crippen molar-refractivity contribution in [2.45, 2.75) is 20.4 Å². The molecule has 3 heteroatoms. The molecule has 0 amide bonds. The number of hydrogen-bond acceptors (Lipinski definition) is 2. The van der Waals surface area contributed by atoms with Crippen molar-refractivity contribution >= 4 is 5.57 Å². The van der Waals surface area contributed by atoms with Crippen LogP contribution < -0.4 is 0 Å². The van der Waals surface area contributed by atoms with Crippen LogP contribution in [0.1, 0.15) is 25.1 Å². The molecule has 0 saturated carbocycles. The summed E-state index contributed by atoms with van der Waals surface area (Å²) in [7, 11) is 0. The van der Waals surface area contributed by atoms with Gasteiger partial charge in [-0.15, -0.1) is 5.10 Å². The fraction of sp³-hybridized carbons (Fsp3) is 0.231. The Kier molecular flexibility index (Phi) is 3.15. The average molecular weight is 213 g/mol. The van der Waals surface area contributed by atoms with Crippen LogP contribution in [0, 0.1) is 0 Å². The van der Waals surface area contributed by atoms with E-state index in [2.05, 4.69) is 22.4 Å². The minimum atomic E-state index is 0.769. The topological polar surface area (TPSA) is 30.7 Å². The fourth-order valence-electron chi connectivity index (χ4n) is 1.47. The summed E-state index contributed by atoms with van der Waals surface area (Å²) in [4.78, 5) is 0. The van der Waals surface area contributed by atoms with Crippen molar-refractivity contribution in [1.29, 1.82) is 0 Å². The summed E-state index contributed by atoms with van der Waals surface area (Å²) < 4.78 is 1.86. The summed E-state index contributed by atoms with van der Waals surface area (Å²) in [5, 5.41) is 8.23. The lowest BCUT2D eigenvalue weighted by Crippen LogP contribution is -1.99. The van der Waals surface area contributed by atoms with Crippen molar-refractivity contribution in [3.8, 4) is 0 Å². The van der Waals surface area contributed by atoms with Gasteiger partial charge in [-0.2, -0.15) is 0 Å². The van der Waals surface area contributed by atoms with E-state index in [-0.39, 0.29) is 0 Å². The van der Waals surface area contributed by atoms with E-state index in [9.17, 15) is 0 Å². The van der Waals surface area contributed by atoms with Gasteiger partial charge in [0.2, 0.25) is 0 Å². The second-order valence-electron chi connectivity index (χ2n) is 3.76. The van der Waals surface area contributed by atoms with Gasteiger partial charge < -0.3 is 0 Å². The smallest absolute Gasteiger partial charge is 0.108 e. The molecule has 0 aliphatic carbocycles. The molecule has 1 aromatic heterocycles. The Morgan fingerprint density at radius 1 is 1.31 bits per heavy atom. The number of aromatic nitrogens is 3. The van der Waals surface area contributed by atoms with Gasteiger partial charge in [0.05, 0.1) is 12.7 Å². The number of benzene rings is 1. The molecule has 16 heavy (non-hydrogen) atoms. The Labute approximate surface area is 95.4 Å². The zero-order valence-corrected chi connectivity index (χ0v) is 9.59. The van der Waals surface area contributed by atoms with E-state index < -0.39 is 0 Å². The molecule has 2 rings (SSSR count). The van der Waals surface area contributed by atoms with Crippen LogP contribution in [0.4, 0.5) is 0 Å². The van der Waals surface area contributed by atoms with Gasteiger partial charge in [-0.1, -0.05) is 41.6 Å². The van der Waals surface area contributed by atoms with Crippen LogP contribution in [0.5, 0.6) is 0 Å². The van der Waals surface area contributed by atoms with Crippen LogP contribution in [0.25, 0.3) is 5.57 Å². The highest BCUT2D eigenvalue weighted by molar-refractivity contribution is 5.58. The van der Waals surface area contributed by atoms with Crippen LogP contribution in [0.2, 0.25) is 0 Å². The molecule has 3 nitrogen and oxygen atoms in total. The Morgan fingerprint density at radius 2 is 2.06 bits per heavy atom. The van der Waals surface area contributed by atoms with Crippen LogP contribution in [-0.2, 0) is 6.54 Å². The first-order valence-electron chi connectivity index (χ1n) is 5.37. The van der Waals surface area contributed by atoms with E-state index in [4.69, 9.17) is 0 Å². The van der Waals surface area contributed by atoms with E-state index in [1.54, 1.807) is 0 Å². The number of rotatable bonds is 3. The van der Waals surface area contributed by atoms with Crippen LogP contribution in [-0.4, -0.2) is 15.0 Å². The van der Waals surface area contributed by atoms with E-state index in [1.165, 1.54) is 5.56 Å². The van der Waals surface area contributed by atoms with Crippen molar-refractivity contribution < 1.29 is 0 Å². The van der Waals surface area contributed by atoms with Gasteiger partial charge >= 0.3 is 0 Å². The summed E-state index contributed by atoms with van der Waals surface area (Å²) in [5.74, 6) is 0. The highest BCUT2D eigenvalue weighted by atomic mass is 15.4. The first kappa shape index (κ1) is 10.6. The molecule has 0 aliphatic heterocycles. The lowest BCUT2D eigenvalue weighted by Gasteiger charge is -1.99. The van der Waals surface area contributed by atoms with E-state index in [0.29, 0.717) is 0 Å². The molecular formula is C13H15N3. The van der Waals surface area contributed by atoms with Crippen molar-refractivity contribution in [1.82, 2.24) is 15.0 Å². The van der Waals surface area contributed by atoms with Gasteiger partial charge in [0.1, 0.15) is 5.69 Å². The molecule has 0 unspecified atom stereocenters. The number of nitrogens with zero attached hydrogens (tertiary/aromatic N) is 3. The van der Waals surface area contributed by atoms with Gasteiger partial charge in [0.15, 0.2) is 0 Å². The maximum absolute atomic E-state index is 4.13. The molecule has 82 valence electrons. The molecule has 0 spiro atoms. The zero-order chi connectivity index (χ0) is 11.4. The standard InChI is InChI=1S/C13H15N3/c1-3-11(2)13-10-16(15-14-13)9-12-7-5-4-6-8-12/h3-8,10H,9H2,1-2H3/b11-3-. The quantitative estimate of drug-likeness (QED) is 0.785. The van der Waals surface area contributed by atoms with Gasteiger partial charge in [0, 0.05) is 0 Å². The minimum Gasteiger partial charge on any atom is -0.247 e. The lowest BCUT2D eigenvalue weighted by molar-refractivity contribution is 0.649. The van der Waals surface area contributed by atoms with Gasteiger partial charge in [0.25, 0.3) is 0 Å². The van der Waals surface area contributed by atoms with Gasteiger partial charge in [-0.05, 0) is 25.0 Å². The van der Waals surface area contributed by atoms with E-state index >= 15 is 0 Å². The Hall–Kier alpha value is -1.90. The lowest BCUT2D eigenvalue weighted by atomic mass is 10.2.